The molecule has 132 valence electrons. The zero-order valence-corrected chi connectivity index (χ0v) is 14.5. The summed E-state index contributed by atoms with van der Waals surface area (Å²) in [6.45, 7) is 2.49. The quantitative estimate of drug-likeness (QED) is 0.907. The van der Waals surface area contributed by atoms with E-state index in [4.69, 9.17) is 25.8 Å². The SMILES string of the molecule is O[C@@H]1CN(Cc2ccc3c(c2)OCO3)CC[C@H]1Oc1ccc(Cl)cc1. The molecule has 2 heterocycles. The standard InChI is InChI=1S/C19H20ClNO4/c20-14-2-4-15(5-3-14)25-17-7-8-21(11-16(17)22)10-13-1-6-18-19(9-13)24-12-23-18/h1-6,9,16-17,22H,7-8,10-12H2/t16-,17-/m1/s1. The van der Waals surface area contributed by atoms with Crippen LogP contribution in [0.2, 0.25) is 5.02 Å². The lowest BCUT2D eigenvalue weighted by Gasteiger charge is -2.36. The molecule has 2 atom stereocenters. The number of hydrogen-bond acceptors (Lipinski definition) is 5. The molecule has 0 spiro atoms. The van der Waals surface area contributed by atoms with Crippen LogP contribution in [0.3, 0.4) is 0 Å². The van der Waals surface area contributed by atoms with Crippen LogP contribution in [0.4, 0.5) is 0 Å². The molecular weight excluding hydrogens is 342 g/mol. The fourth-order valence-electron chi connectivity index (χ4n) is 3.24. The van der Waals surface area contributed by atoms with Crippen molar-refractivity contribution in [3.63, 3.8) is 0 Å². The van der Waals surface area contributed by atoms with Gasteiger partial charge in [0, 0.05) is 24.7 Å². The fourth-order valence-corrected chi connectivity index (χ4v) is 3.37. The monoisotopic (exact) mass is 361 g/mol. The maximum absolute atomic E-state index is 10.5. The molecule has 6 heteroatoms. The molecule has 2 aromatic carbocycles. The van der Waals surface area contributed by atoms with Crippen LogP contribution in [-0.4, -0.2) is 42.1 Å². The summed E-state index contributed by atoms with van der Waals surface area (Å²) in [6, 6.07) is 13.2. The van der Waals surface area contributed by atoms with Crippen molar-refractivity contribution in [3.05, 3.63) is 53.1 Å². The van der Waals surface area contributed by atoms with E-state index >= 15 is 0 Å². The Bertz CT molecular complexity index is 737. The van der Waals surface area contributed by atoms with Crippen molar-refractivity contribution in [3.8, 4) is 17.2 Å². The van der Waals surface area contributed by atoms with Crippen LogP contribution in [0.25, 0.3) is 0 Å². The summed E-state index contributed by atoms with van der Waals surface area (Å²) in [4.78, 5) is 2.23. The van der Waals surface area contributed by atoms with Crippen molar-refractivity contribution < 1.29 is 19.3 Å². The Morgan fingerprint density at radius 3 is 2.72 bits per heavy atom. The maximum atomic E-state index is 10.5. The number of hydrogen-bond donors (Lipinski definition) is 1. The fraction of sp³-hybridized carbons (Fsp3) is 0.368. The molecule has 0 amide bonds. The van der Waals surface area contributed by atoms with Crippen LogP contribution in [0.15, 0.2) is 42.5 Å². The molecule has 1 N–H and O–H groups in total. The highest BCUT2D eigenvalue weighted by molar-refractivity contribution is 6.30. The van der Waals surface area contributed by atoms with Gasteiger partial charge in [-0.2, -0.15) is 0 Å². The van der Waals surface area contributed by atoms with E-state index in [2.05, 4.69) is 4.90 Å². The lowest BCUT2D eigenvalue weighted by Crippen LogP contribution is -2.48. The molecule has 0 radical (unpaired) electrons. The number of nitrogens with zero attached hydrogens (tertiary/aromatic N) is 1. The van der Waals surface area contributed by atoms with Gasteiger partial charge in [0.05, 0.1) is 0 Å². The first kappa shape index (κ1) is 16.5. The number of aliphatic hydroxyl groups excluding tert-OH is 1. The van der Waals surface area contributed by atoms with Gasteiger partial charge in [-0.25, -0.2) is 0 Å². The van der Waals surface area contributed by atoms with E-state index in [1.807, 2.05) is 30.3 Å². The van der Waals surface area contributed by atoms with E-state index in [0.717, 1.165) is 42.3 Å². The van der Waals surface area contributed by atoms with E-state index in [0.29, 0.717) is 11.6 Å². The first-order chi connectivity index (χ1) is 12.2. The minimum Gasteiger partial charge on any atom is -0.488 e. The molecule has 0 aliphatic carbocycles. The van der Waals surface area contributed by atoms with E-state index in [9.17, 15) is 5.11 Å². The van der Waals surface area contributed by atoms with Gasteiger partial charge < -0.3 is 19.3 Å². The Kier molecular flexibility index (Phi) is 4.70. The second-order valence-corrected chi connectivity index (χ2v) is 6.83. The van der Waals surface area contributed by atoms with Gasteiger partial charge in [-0.1, -0.05) is 17.7 Å². The maximum Gasteiger partial charge on any atom is 0.231 e. The highest BCUT2D eigenvalue weighted by Crippen LogP contribution is 2.33. The number of aliphatic hydroxyl groups is 1. The Hall–Kier alpha value is -1.95. The lowest BCUT2D eigenvalue weighted by atomic mass is 10.0. The van der Waals surface area contributed by atoms with Gasteiger partial charge in [-0.05, 0) is 48.4 Å². The predicted molar refractivity (Wildman–Crippen MR) is 94.3 cm³/mol. The number of piperidine rings is 1. The average molecular weight is 362 g/mol. The number of ether oxygens (including phenoxy) is 3. The van der Waals surface area contributed by atoms with Gasteiger partial charge in [-0.3, -0.25) is 4.90 Å². The normalized spacial score (nSPS) is 22.8. The van der Waals surface area contributed by atoms with Gasteiger partial charge in [0.1, 0.15) is 18.0 Å². The molecule has 2 aromatic rings. The molecule has 5 nitrogen and oxygen atoms in total. The van der Waals surface area contributed by atoms with Crippen LogP contribution >= 0.6 is 11.6 Å². The first-order valence-corrected chi connectivity index (χ1v) is 8.76. The van der Waals surface area contributed by atoms with Crippen LogP contribution in [0.5, 0.6) is 17.2 Å². The summed E-state index contributed by atoms with van der Waals surface area (Å²) in [5, 5.41) is 11.1. The van der Waals surface area contributed by atoms with Crippen molar-refractivity contribution >= 4 is 11.6 Å². The minimum absolute atomic E-state index is 0.200. The Labute approximate surface area is 151 Å². The van der Waals surface area contributed by atoms with Crippen LogP contribution in [0, 0.1) is 0 Å². The predicted octanol–water partition coefficient (Wildman–Crippen LogP) is 3.08. The molecule has 0 bridgehead atoms. The molecule has 2 aliphatic heterocycles. The van der Waals surface area contributed by atoms with Crippen LogP contribution in [0.1, 0.15) is 12.0 Å². The summed E-state index contributed by atoms with van der Waals surface area (Å²) in [5.74, 6) is 2.32. The van der Waals surface area contributed by atoms with Crippen LogP contribution < -0.4 is 14.2 Å². The van der Waals surface area contributed by atoms with Gasteiger partial charge in [0.25, 0.3) is 0 Å². The summed E-state index contributed by atoms with van der Waals surface area (Å²) < 4.78 is 16.7. The van der Waals surface area contributed by atoms with Crippen molar-refractivity contribution in [1.29, 1.82) is 0 Å². The second-order valence-electron chi connectivity index (χ2n) is 6.39. The van der Waals surface area contributed by atoms with Gasteiger partial charge in [0.2, 0.25) is 6.79 Å². The van der Waals surface area contributed by atoms with Crippen molar-refractivity contribution in [2.45, 2.75) is 25.2 Å². The Morgan fingerprint density at radius 2 is 1.92 bits per heavy atom. The van der Waals surface area contributed by atoms with E-state index in [1.54, 1.807) is 12.1 Å². The third-order valence-electron chi connectivity index (χ3n) is 4.55. The molecule has 2 aliphatic rings. The van der Waals surface area contributed by atoms with Gasteiger partial charge in [0.15, 0.2) is 11.5 Å². The zero-order chi connectivity index (χ0) is 17.2. The van der Waals surface area contributed by atoms with Crippen LogP contribution in [-0.2, 0) is 6.54 Å². The van der Waals surface area contributed by atoms with Crippen molar-refractivity contribution in [2.75, 3.05) is 19.9 Å². The van der Waals surface area contributed by atoms with Gasteiger partial charge in [-0.15, -0.1) is 0 Å². The third kappa shape index (κ3) is 3.84. The highest BCUT2D eigenvalue weighted by atomic mass is 35.5. The molecule has 4 rings (SSSR count). The molecular formula is C19H20ClNO4. The van der Waals surface area contributed by atoms with E-state index < -0.39 is 6.10 Å². The topological polar surface area (TPSA) is 51.2 Å². The largest absolute Gasteiger partial charge is 0.488 e. The number of halogens is 1. The Balaban J connectivity index is 1.34. The van der Waals surface area contributed by atoms with Crippen molar-refractivity contribution in [1.82, 2.24) is 4.90 Å². The van der Waals surface area contributed by atoms with Gasteiger partial charge >= 0.3 is 0 Å². The van der Waals surface area contributed by atoms with Crippen molar-refractivity contribution in [2.24, 2.45) is 0 Å². The number of fused-ring (bicyclic) bond motifs is 1. The average Bonchev–Trinajstić information content (AvgIpc) is 3.07. The second kappa shape index (κ2) is 7.12. The summed E-state index contributed by atoms with van der Waals surface area (Å²) >= 11 is 5.89. The third-order valence-corrected chi connectivity index (χ3v) is 4.80. The molecule has 25 heavy (non-hydrogen) atoms. The number of benzene rings is 2. The smallest absolute Gasteiger partial charge is 0.231 e. The molecule has 0 unspecified atom stereocenters. The Morgan fingerprint density at radius 1 is 1.12 bits per heavy atom. The highest BCUT2D eigenvalue weighted by Gasteiger charge is 2.29. The molecule has 0 aromatic heterocycles. The summed E-state index contributed by atoms with van der Waals surface area (Å²) in [6.07, 6.45) is 0.0431. The molecule has 0 saturated carbocycles. The summed E-state index contributed by atoms with van der Waals surface area (Å²) in [7, 11) is 0. The van der Waals surface area contributed by atoms with E-state index in [-0.39, 0.29) is 12.9 Å². The molecule has 1 fully saturated rings. The lowest BCUT2D eigenvalue weighted by molar-refractivity contribution is -0.0275. The minimum atomic E-state index is -0.529. The van der Waals surface area contributed by atoms with E-state index in [1.165, 1.54) is 0 Å². The molecule has 1 saturated heterocycles. The zero-order valence-electron chi connectivity index (χ0n) is 13.7. The number of likely N-dealkylation sites (tertiary alicyclic amines) is 1. The first-order valence-electron chi connectivity index (χ1n) is 8.38. The number of rotatable bonds is 4. The number of β-amino-alcohol motifs (C(OH)–C–C–N with tert-alkyl or cyclic N) is 1. The summed E-state index contributed by atoms with van der Waals surface area (Å²) in [5.41, 5.74) is 1.15.